The second kappa shape index (κ2) is 8.48. The van der Waals surface area contributed by atoms with Gasteiger partial charge in [-0.1, -0.05) is 46.3 Å². The van der Waals surface area contributed by atoms with Crippen LogP contribution in [0.2, 0.25) is 0 Å². The lowest BCUT2D eigenvalue weighted by atomic mass is 10.1. The molecule has 0 saturated carbocycles. The minimum absolute atomic E-state index is 0.106. The Morgan fingerprint density at radius 3 is 2.48 bits per heavy atom. The van der Waals surface area contributed by atoms with Gasteiger partial charge in [-0.15, -0.1) is 0 Å². The van der Waals surface area contributed by atoms with E-state index in [1.807, 2.05) is 30.3 Å². The summed E-state index contributed by atoms with van der Waals surface area (Å²) >= 11 is 3.13. The van der Waals surface area contributed by atoms with Gasteiger partial charge in [0, 0.05) is 5.56 Å². The molecule has 0 fully saturated rings. The fourth-order valence-corrected chi connectivity index (χ4v) is 2.33. The Morgan fingerprint density at radius 2 is 1.83 bits per heavy atom. The van der Waals surface area contributed by atoms with Gasteiger partial charge in [-0.3, -0.25) is 4.79 Å². The monoisotopic (exact) mass is 376 g/mol. The molecule has 0 aliphatic rings. The van der Waals surface area contributed by atoms with Gasteiger partial charge in [0.2, 0.25) is 0 Å². The van der Waals surface area contributed by atoms with E-state index in [9.17, 15) is 9.59 Å². The highest BCUT2D eigenvalue weighted by Gasteiger charge is 2.17. The van der Waals surface area contributed by atoms with Gasteiger partial charge in [-0.05, 0) is 30.7 Å². The minimum Gasteiger partial charge on any atom is -0.488 e. The first-order valence-corrected chi connectivity index (χ1v) is 8.35. The molecule has 0 amide bonds. The fourth-order valence-electron chi connectivity index (χ4n) is 2.01. The summed E-state index contributed by atoms with van der Waals surface area (Å²) in [4.78, 5) is 23.9. The van der Waals surface area contributed by atoms with E-state index >= 15 is 0 Å². The van der Waals surface area contributed by atoms with Gasteiger partial charge in [0.1, 0.15) is 17.9 Å². The number of hydrogen-bond acceptors (Lipinski definition) is 4. The quantitative estimate of drug-likeness (QED) is 0.416. The zero-order chi connectivity index (χ0) is 16.7. The summed E-state index contributed by atoms with van der Waals surface area (Å²) < 4.78 is 10.8. The Hall–Kier alpha value is -2.14. The number of carbonyl (C=O) groups excluding carboxylic acids is 2. The van der Waals surface area contributed by atoms with Crippen molar-refractivity contribution in [2.24, 2.45) is 0 Å². The molecule has 0 aromatic heterocycles. The molecule has 0 spiro atoms. The molecule has 0 aliphatic heterocycles. The van der Waals surface area contributed by atoms with E-state index in [0.29, 0.717) is 17.9 Å². The lowest BCUT2D eigenvalue weighted by Crippen LogP contribution is -2.10. The Balaban J connectivity index is 2.26. The zero-order valence-corrected chi connectivity index (χ0v) is 14.3. The van der Waals surface area contributed by atoms with Crippen LogP contribution in [0.5, 0.6) is 5.75 Å². The van der Waals surface area contributed by atoms with Crippen LogP contribution in [0, 0.1) is 0 Å². The van der Waals surface area contributed by atoms with Crippen LogP contribution < -0.4 is 4.74 Å². The molecular formula is C18H17BrO4. The van der Waals surface area contributed by atoms with E-state index in [0.717, 1.165) is 5.56 Å². The van der Waals surface area contributed by atoms with Crippen LogP contribution in [0.1, 0.15) is 33.2 Å². The molecule has 0 atom stereocenters. The number of esters is 1. The van der Waals surface area contributed by atoms with Crippen molar-refractivity contribution in [2.45, 2.75) is 13.5 Å². The fraction of sp³-hybridized carbons (Fsp3) is 0.222. The summed E-state index contributed by atoms with van der Waals surface area (Å²) in [5.41, 5.74) is 1.69. The average molecular weight is 377 g/mol. The van der Waals surface area contributed by atoms with E-state index in [2.05, 4.69) is 15.9 Å². The van der Waals surface area contributed by atoms with Crippen molar-refractivity contribution in [2.75, 3.05) is 11.9 Å². The SMILES string of the molecule is CCOC(=O)c1cc(C(=O)CBr)ccc1OCc1ccccc1. The second-order valence-corrected chi connectivity index (χ2v) is 5.32. The molecule has 120 valence electrons. The highest BCUT2D eigenvalue weighted by molar-refractivity contribution is 9.09. The van der Waals surface area contributed by atoms with E-state index in [4.69, 9.17) is 9.47 Å². The van der Waals surface area contributed by atoms with Crippen LogP contribution in [-0.2, 0) is 11.3 Å². The molecule has 0 heterocycles. The molecule has 4 nitrogen and oxygen atoms in total. The Kier molecular flexibility index (Phi) is 6.35. The number of carbonyl (C=O) groups is 2. The standard InChI is InChI=1S/C18H17BrO4/c1-2-22-18(21)15-10-14(16(20)11-19)8-9-17(15)23-12-13-6-4-3-5-7-13/h3-10H,2,11-12H2,1H3. The molecule has 0 saturated heterocycles. The van der Waals surface area contributed by atoms with Crippen molar-refractivity contribution >= 4 is 27.7 Å². The maximum absolute atomic E-state index is 12.1. The maximum atomic E-state index is 12.1. The van der Waals surface area contributed by atoms with Gasteiger partial charge in [0.05, 0.1) is 11.9 Å². The molecule has 0 unspecified atom stereocenters. The highest BCUT2D eigenvalue weighted by Crippen LogP contribution is 2.23. The third-order valence-electron chi connectivity index (χ3n) is 3.16. The minimum atomic E-state index is -0.500. The van der Waals surface area contributed by atoms with Crippen LogP contribution in [-0.4, -0.2) is 23.7 Å². The van der Waals surface area contributed by atoms with Crippen molar-refractivity contribution in [3.05, 3.63) is 65.2 Å². The average Bonchev–Trinajstić information content (AvgIpc) is 2.60. The normalized spacial score (nSPS) is 10.2. The molecule has 2 rings (SSSR count). The molecule has 23 heavy (non-hydrogen) atoms. The van der Waals surface area contributed by atoms with Crippen molar-refractivity contribution in [3.63, 3.8) is 0 Å². The number of halogens is 1. The Morgan fingerprint density at radius 1 is 1.09 bits per heavy atom. The van der Waals surface area contributed by atoms with E-state index in [1.54, 1.807) is 19.1 Å². The lowest BCUT2D eigenvalue weighted by Gasteiger charge is -2.12. The van der Waals surface area contributed by atoms with Crippen LogP contribution in [0.15, 0.2) is 48.5 Å². The second-order valence-electron chi connectivity index (χ2n) is 4.76. The predicted octanol–water partition coefficient (Wildman–Crippen LogP) is 4.02. The van der Waals surface area contributed by atoms with E-state index in [1.165, 1.54) is 6.07 Å². The van der Waals surface area contributed by atoms with Crippen LogP contribution in [0.25, 0.3) is 0 Å². The molecule has 5 heteroatoms. The molecule has 0 bridgehead atoms. The number of rotatable bonds is 7. The third kappa shape index (κ3) is 4.66. The number of benzene rings is 2. The molecule has 2 aromatic carbocycles. The number of ether oxygens (including phenoxy) is 2. The van der Waals surface area contributed by atoms with E-state index in [-0.39, 0.29) is 23.3 Å². The summed E-state index contributed by atoms with van der Waals surface area (Å²) in [6.45, 7) is 2.32. The van der Waals surface area contributed by atoms with Crippen molar-refractivity contribution in [1.29, 1.82) is 0 Å². The topological polar surface area (TPSA) is 52.6 Å². The summed E-state index contributed by atoms with van der Waals surface area (Å²) in [7, 11) is 0. The van der Waals surface area contributed by atoms with Gasteiger partial charge in [-0.25, -0.2) is 4.79 Å². The number of alkyl halides is 1. The van der Waals surface area contributed by atoms with Gasteiger partial charge in [0.25, 0.3) is 0 Å². The lowest BCUT2D eigenvalue weighted by molar-refractivity contribution is 0.0521. The first-order chi connectivity index (χ1) is 11.2. The van der Waals surface area contributed by atoms with Crippen molar-refractivity contribution in [3.8, 4) is 5.75 Å². The molecule has 0 N–H and O–H groups in total. The molecular weight excluding hydrogens is 360 g/mol. The summed E-state index contributed by atoms with van der Waals surface area (Å²) in [6, 6.07) is 14.4. The van der Waals surface area contributed by atoms with E-state index < -0.39 is 5.97 Å². The Labute approximate surface area is 143 Å². The molecule has 0 aliphatic carbocycles. The van der Waals surface area contributed by atoms with Gasteiger partial charge >= 0.3 is 5.97 Å². The summed E-state index contributed by atoms with van der Waals surface area (Å²) in [5.74, 6) is -0.205. The summed E-state index contributed by atoms with van der Waals surface area (Å²) in [6.07, 6.45) is 0. The van der Waals surface area contributed by atoms with Crippen LogP contribution in [0.3, 0.4) is 0 Å². The van der Waals surface area contributed by atoms with Crippen LogP contribution in [0.4, 0.5) is 0 Å². The number of Topliss-reactive ketones (excluding diaryl/α,β-unsaturated/α-hetero) is 1. The first kappa shape index (κ1) is 17.2. The number of hydrogen-bond donors (Lipinski definition) is 0. The van der Waals surface area contributed by atoms with Crippen molar-refractivity contribution in [1.82, 2.24) is 0 Å². The van der Waals surface area contributed by atoms with Gasteiger partial charge < -0.3 is 9.47 Å². The largest absolute Gasteiger partial charge is 0.488 e. The first-order valence-electron chi connectivity index (χ1n) is 7.22. The summed E-state index contributed by atoms with van der Waals surface area (Å²) in [5, 5.41) is 0.194. The highest BCUT2D eigenvalue weighted by atomic mass is 79.9. The predicted molar refractivity (Wildman–Crippen MR) is 91.3 cm³/mol. The van der Waals surface area contributed by atoms with Crippen molar-refractivity contribution < 1.29 is 19.1 Å². The van der Waals surface area contributed by atoms with Crippen LogP contribution >= 0.6 is 15.9 Å². The third-order valence-corrected chi connectivity index (χ3v) is 3.66. The van der Waals surface area contributed by atoms with Gasteiger partial charge in [0.15, 0.2) is 5.78 Å². The maximum Gasteiger partial charge on any atom is 0.341 e. The van der Waals surface area contributed by atoms with Gasteiger partial charge in [-0.2, -0.15) is 0 Å². The number of ketones is 1. The molecule has 2 aromatic rings. The smallest absolute Gasteiger partial charge is 0.341 e. The zero-order valence-electron chi connectivity index (χ0n) is 12.8. The Bertz CT molecular complexity index is 683. The molecule has 0 radical (unpaired) electrons.